The van der Waals surface area contributed by atoms with E-state index < -0.39 is 6.17 Å². The van der Waals surface area contributed by atoms with Crippen LogP contribution in [0.3, 0.4) is 0 Å². The first-order valence-corrected chi connectivity index (χ1v) is 11.9. The van der Waals surface area contributed by atoms with Crippen LogP contribution in [0.4, 0.5) is 4.39 Å². The normalized spacial score (nSPS) is 18.4. The molecule has 1 atom stereocenters. The molecule has 0 saturated carbocycles. The third kappa shape index (κ3) is 4.69. The number of rotatable bonds is 6. The molecule has 1 aliphatic carbocycles. The van der Waals surface area contributed by atoms with Gasteiger partial charge >= 0.3 is 0 Å². The van der Waals surface area contributed by atoms with Crippen LogP contribution >= 0.6 is 11.3 Å². The number of pyridine rings is 1. The number of nitrogens with zero attached hydrogens (tertiary/aromatic N) is 3. The van der Waals surface area contributed by atoms with Crippen molar-refractivity contribution in [3.8, 4) is 5.75 Å². The van der Waals surface area contributed by atoms with Crippen molar-refractivity contribution < 1.29 is 9.13 Å². The molecule has 0 bridgehead atoms. The summed E-state index contributed by atoms with van der Waals surface area (Å²) in [7, 11) is 0. The average Bonchev–Trinajstić information content (AvgIpc) is 3.39. The van der Waals surface area contributed by atoms with Gasteiger partial charge in [-0.25, -0.2) is 9.37 Å². The highest BCUT2D eigenvalue weighted by atomic mass is 32.1. The molecule has 166 valence electrons. The number of aromatic nitrogens is 2. The smallest absolute Gasteiger partial charge is 0.258 e. The summed E-state index contributed by atoms with van der Waals surface area (Å²) in [6, 6.07) is 9.83. The second-order valence-electron chi connectivity index (χ2n) is 8.53. The molecule has 1 aromatic carbocycles. The molecule has 2 aromatic heterocycles. The number of likely N-dealkylation sites (tertiary alicyclic amines) is 1. The standard InChI is InChI=1S/C25H26FN3O2S/c1-17-16-32-24(27-17)15-31-23-7-9-29(25(30)12-23)22-5-4-19-10-18(2-3-20(19)11-22)13-28-8-6-21(26)14-28/h2-3,7,9-12,16,21H,4-6,8,13-15H2,1H3/t21-/m0/s1. The van der Waals surface area contributed by atoms with Crippen molar-refractivity contribution in [3.05, 3.63) is 79.7 Å². The Morgan fingerprint density at radius 1 is 1.25 bits per heavy atom. The molecule has 2 aliphatic rings. The number of alkyl halides is 1. The highest BCUT2D eigenvalue weighted by Crippen LogP contribution is 2.28. The molecule has 0 unspecified atom stereocenters. The lowest BCUT2D eigenvalue weighted by Crippen LogP contribution is -2.21. The second-order valence-corrected chi connectivity index (χ2v) is 9.47. The third-order valence-corrected chi connectivity index (χ3v) is 6.97. The van der Waals surface area contributed by atoms with Crippen molar-refractivity contribution in [1.29, 1.82) is 0 Å². The van der Waals surface area contributed by atoms with Crippen LogP contribution < -0.4 is 10.3 Å². The van der Waals surface area contributed by atoms with Crippen LogP contribution in [-0.4, -0.2) is 33.7 Å². The Morgan fingerprint density at radius 3 is 2.91 bits per heavy atom. The third-order valence-electron chi connectivity index (χ3n) is 6.03. The zero-order valence-electron chi connectivity index (χ0n) is 18.1. The van der Waals surface area contributed by atoms with Gasteiger partial charge in [0.2, 0.25) is 0 Å². The summed E-state index contributed by atoms with van der Waals surface area (Å²) in [5, 5.41) is 2.88. The average molecular weight is 452 g/mol. The minimum atomic E-state index is -0.690. The SMILES string of the molecule is Cc1csc(COc2ccn(C3=Cc4ccc(CN5CC[C@H](F)C5)cc4CC3)c(=O)c2)n1. The van der Waals surface area contributed by atoms with E-state index >= 15 is 0 Å². The highest BCUT2D eigenvalue weighted by Gasteiger charge is 2.22. The van der Waals surface area contributed by atoms with E-state index in [1.165, 1.54) is 17.2 Å². The van der Waals surface area contributed by atoms with Crippen molar-refractivity contribution in [3.63, 3.8) is 0 Å². The van der Waals surface area contributed by atoms with Crippen LogP contribution in [0.1, 0.15) is 40.2 Å². The Morgan fingerprint density at radius 2 is 2.16 bits per heavy atom. The van der Waals surface area contributed by atoms with Crippen molar-refractivity contribution in [2.24, 2.45) is 0 Å². The molecular formula is C25H26FN3O2S. The predicted molar refractivity (Wildman–Crippen MR) is 126 cm³/mol. The first-order valence-electron chi connectivity index (χ1n) is 11.0. The lowest BCUT2D eigenvalue weighted by atomic mass is 9.93. The van der Waals surface area contributed by atoms with Gasteiger partial charge in [0, 0.05) is 48.7 Å². The van der Waals surface area contributed by atoms with E-state index in [0.29, 0.717) is 25.3 Å². The molecule has 1 fully saturated rings. The topological polar surface area (TPSA) is 47.4 Å². The van der Waals surface area contributed by atoms with Crippen LogP contribution in [-0.2, 0) is 19.6 Å². The van der Waals surface area contributed by atoms with Gasteiger partial charge in [0.25, 0.3) is 5.56 Å². The van der Waals surface area contributed by atoms with E-state index in [4.69, 9.17) is 4.74 Å². The van der Waals surface area contributed by atoms with Crippen molar-refractivity contribution in [2.45, 2.75) is 45.5 Å². The van der Waals surface area contributed by atoms with Gasteiger partial charge < -0.3 is 4.74 Å². The number of halogens is 1. The lowest BCUT2D eigenvalue weighted by molar-refractivity contribution is 0.282. The fourth-order valence-corrected chi connectivity index (χ4v) is 5.09. The number of hydrogen-bond donors (Lipinski definition) is 0. The molecule has 3 heterocycles. The van der Waals surface area contributed by atoms with Crippen LogP contribution in [0.15, 0.2) is 46.7 Å². The summed E-state index contributed by atoms with van der Waals surface area (Å²) in [6.45, 7) is 4.48. The number of fused-ring (bicyclic) bond motifs is 1. The molecule has 5 rings (SSSR count). The van der Waals surface area contributed by atoms with Crippen molar-refractivity contribution in [2.75, 3.05) is 13.1 Å². The summed E-state index contributed by atoms with van der Waals surface area (Å²) in [6.07, 6.45) is 5.51. The fraction of sp³-hybridized carbons (Fsp3) is 0.360. The number of hydrogen-bond acceptors (Lipinski definition) is 5. The maximum absolute atomic E-state index is 13.4. The van der Waals surface area contributed by atoms with Crippen LogP contribution in [0.2, 0.25) is 0 Å². The summed E-state index contributed by atoms with van der Waals surface area (Å²) in [5.74, 6) is 0.554. The van der Waals surface area contributed by atoms with Crippen molar-refractivity contribution in [1.82, 2.24) is 14.5 Å². The largest absolute Gasteiger partial charge is 0.486 e. The first kappa shape index (κ1) is 21.1. The molecule has 0 N–H and O–H groups in total. The summed E-state index contributed by atoms with van der Waals surface area (Å²) >= 11 is 1.55. The molecule has 0 amide bonds. The van der Waals surface area contributed by atoms with Gasteiger partial charge in [-0.1, -0.05) is 18.2 Å². The predicted octanol–water partition coefficient (Wildman–Crippen LogP) is 4.68. The first-order chi connectivity index (χ1) is 15.5. The van der Waals surface area contributed by atoms with Crippen molar-refractivity contribution >= 4 is 23.1 Å². The number of ether oxygens (including phenoxy) is 1. The van der Waals surface area contributed by atoms with Gasteiger partial charge in [-0.15, -0.1) is 11.3 Å². The highest BCUT2D eigenvalue weighted by molar-refractivity contribution is 7.09. The van der Waals surface area contributed by atoms with Gasteiger partial charge in [-0.2, -0.15) is 0 Å². The Kier molecular flexibility index (Phi) is 5.93. The molecule has 1 aliphatic heterocycles. The van der Waals surface area contributed by atoms with Gasteiger partial charge in [-0.05, 0) is 55.0 Å². The summed E-state index contributed by atoms with van der Waals surface area (Å²) in [5.41, 5.74) is 5.52. The van der Waals surface area contributed by atoms with Gasteiger partial charge in [-0.3, -0.25) is 14.3 Å². The Bertz CT molecular complexity index is 1220. The molecule has 5 nitrogen and oxygen atoms in total. The summed E-state index contributed by atoms with van der Waals surface area (Å²) in [4.78, 5) is 19.3. The summed E-state index contributed by atoms with van der Waals surface area (Å²) < 4.78 is 20.9. The monoisotopic (exact) mass is 451 g/mol. The zero-order valence-corrected chi connectivity index (χ0v) is 18.9. The van der Waals surface area contributed by atoms with E-state index in [-0.39, 0.29) is 5.56 Å². The van der Waals surface area contributed by atoms with E-state index in [1.807, 2.05) is 18.4 Å². The quantitative estimate of drug-likeness (QED) is 0.546. The molecule has 3 aromatic rings. The van der Waals surface area contributed by atoms with Gasteiger partial charge in [0.05, 0.1) is 0 Å². The molecule has 0 spiro atoms. The molecular weight excluding hydrogens is 425 g/mol. The van der Waals surface area contributed by atoms with Gasteiger partial charge in [0.1, 0.15) is 23.5 Å². The number of aryl methyl sites for hydroxylation is 2. The van der Waals surface area contributed by atoms with E-state index in [2.05, 4.69) is 34.2 Å². The number of benzene rings is 1. The van der Waals surface area contributed by atoms with Crippen LogP contribution in [0, 0.1) is 6.92 Å². The number of thiazole rings is 1. The van der Waals surface area contributed by atoms with Crippen LogP contribution in [0.5, 0.6) is 5.75 Å². The Labute approximate surface area is 190 Å². The fourth-order valence-electron chi connectivity index (χ4n) is 4.41. The Hall–Kier alpha value is -2.77. The van der Waals surface area contributed by atoms with Crippen LogP contribution in [0.25, 0.3) is 11.8 Å². The minimum absolute atomic E-state index is 0.0982. The van der Waals surface area contributed by atoms with Gasteiger partial charge in [0.15, 0.2) is 0 Å². The maximum atomic E-state index is 13.4. The zero-order chi connectivity index (χ0) is 22.1. The lowest BCUT2D eigenvalue weighted by Gasteiger charge is -2.20. The molecule has 7 heteroatoms. The van der Waals surface area contributed by atoms with E-state index in [0.717, 1.165) is 47.9 Å². The minimum Gasteiger partial charge on any atom is -0.486 e. The Balaban J connectivity index is 1.28. The molecule has 32 heavy (non-hydrogen) atoms. The number of allylic oxidation sites excluding steroid dienone is 1. The second kappa shape index (κ2) is 9.00. The molecule has 1 saturated heterocycles. The van der Waals surface area contributed by atoms with E-state index in [9.17, 15) is 9.18 Å². The molecule has 0 radical (unpaired) electrons. The maximum Gasteiger partial charge on any atom is 0.258 e. The van der Waals surface area contributed by atoms with E-state index in [1.54, 1.807) is 22.1 Å².